The van der Waals surface area contributed by atoms with Crippen molar-refractivity contribution in [2.45, 2.75) is 18.9 Å². The quantitative estimate of drug-likeness (QED) is 0.413. The molecule has 0 fully saturated rings. The van der Waals surface area contributed by atoms with Gasteiger partial charge in [0, 0.05) is 29.9 Å². The van der Waals surface area contributed by atoms with Gasteiger partial charge in [-0.2, -0.15) is 4.68 Å². The number of aromatic nitrogens is 4. The Kier molecular flexibility index (Phi) is 5.29. The monoisotopic (exact) mass is 510 g/mol. The topological polar surface area (TPSA) is 94.8 Å². The smallest absolute Gasteiger partial charge is 0.258 e. The van der Waals surface area contributed by atoms with Crippen molar-refractivity contribution >= 4 is 11.6 Å². The Balaban J connectivity index is 1.29. The molecule has 3 aliphatic heterocycles. The second-order valence-corrected chi connectivity index (χ2v) is 9.68. The Morgan fingerprint density at radius 3 is 2.79 bits per heavy atom. The summed E-state index contributed by atoms with van der Waals surface area (Å²) in [7, 11) is 3.68. The van der Waals surface area contributed by atoms with Crippen molar-refractivity contribution < 1.29 is 19.0 Å². The molecule has 4 heterocycles. The fourth-order valence-electron chi connectivity index (χ4n) is 5.78. The number of tetrazole rings is 1. The van der Waals surface area contributed by atoms with Crippen LogP contribution in [0.5, 0.6) is 17.2 Å². The number of para-hydroxylation sites is 1. The molecule has 0 spiro atoms. The van der Waals surface area contributed by atoms with Crippen LogP contribution >= 0.6 is 0 Å². The molecule has 1 unspecified atom stereocenters. The summed E-state index contributed by atoms with van der Waals surface area (Å²) in [6, 6.07) is 17.3. The van der Waals surface area contributed by atoms with Gasteiger partial charge in [-0.3, -0.25) is 9.69 Å². The van der Waals surface area contributed by atoms with Crippen molar-refractivity contribution in [1.29, 1.82) is 0 Å². The van der Waals surface area contributed by atoms with E-state index in [0.29, 0.717) is 40.9 Å². The van der Waals surface area contributed by atoms with Gasteiger partial charge < -0.3 is 19.1 Å². The first-order valence-electron chi connectivity index (χ1n) is 12.6. The highest BCUT2D eigenvalue weighted by Gasteiger charge is 2.38. The van der Waals surface area contributed by atoms with E-state index in [2.05, 4.69) is 26.5 Å². The molecule has 3 aliphatic rings. The van der Waals surface area contributed by atoms with Crippen molar-refractivity contribution in [3.63, 3.8) is 0 Å². The number of carbonyl (C=O) groups is 1. The predicted octanol–water partition coefficient (Wildman–Crippen LogP) is 3.18. The molecule has 0 saturated carbocycles. The number of rotatable bonds is 4. The molecule has 7 rings (SSSR count). The molecule has 38 heavy (non-hydrogen) atoms. The Bertz CT molecular complexity index is 1570. The van der Waals surface area contributed by atoms with Crippen LogP contribution in [0.3, 0.4) is 0 Å². The lowest BCUT2D eigenvalue weighted by Gasteiger charge is -2.34. The zero-order valence-corrected chi connectivity index (χ0v) is 21.1. The number of nitrogens with zero attached hydrogens (tertiary/aromatic N) is 6. The van der Waals surface area contributed by atoms with E-state index < -0.39 is 0 Å². The van der Waals surface area contributed by atoms with Crippen LogP contribution in [0.15, 0.2) is 54.6 Å². The number of carbonyl (C=O) groups excluding carboxylic acids is 1. The lowest BCUT2D eigenvalue weighted by Crippen LogP contribution is -2.35. The molecule has 0 bridgehead atoms. The van der Waals surface area contributed by atoms with Gasteiger partial charge in [0.2, 0.25) is 12.5 Å². The maximum atomic E-state index is 13.5. The minimum absolute atomic E-state index is 0.0408. The average molecular weight is 511 g/mol. The van der Waals surface area contributed by atoms with E-state index in [4.69, 9.17) is 14.2 Å². The van der Waals surface area contributed by atoms with E-state index in [1.165, 1.54) is 5.56 Å². The number of ether oxygens (including phenoxy) is 3. The van der Waals surface area contributed by atoms with Crippen LogP contribution in [-0.4, -0.2) is 65.1 Å². The lowest BCUT2D eigenvalue weighted by molar-refractivity contribution is 0.0989. The van der Waals surface area contributed by atoms with E-state index in [1.807, 2.05) is 60.5 Å². The Hall–Kier alpha value is -4.44. The van der Waals surface area contributed by atoms with Crippen LogP contribution < -0.4 is 19.1 Å². The minimum atomic E-state index is -0.289. The van der Waals surface area contributed by atoms with Crippen LogP contribution in [0.2, 0.25) is 0 Å². The van der Waals surface area contributed by atoms with Crippen molar-refractivity contribution in [3.05, 3.63) is 82.7 Å². The fourth-order valence-corrected chi connectivity index (χ4v) is 5.78. The van der Waals surface area contributed by atoms with E-state index in [-0.39, 0.29) is 18.7 Å². The van der Waals surface area contributed by atoms with Gasteiger partial charge in [-0.15, -0.1) is 5.10 Å². The average Bonchev–Trinajstić information content (AvgIpc) is 3.71. The SMILES string of the molecule is COc1c2c(cc3c1C(c1nnnn1-c1cccc(C(=O)N4CCc5ccccc54)c1)N(C)CC3)OCO2. The molecule has 0 radical (unpaired) electrons. The molecule has 4 aromatic rings. The first-order chi connectivity index (χ1) is 18.6. The van der Waals surface area contributed by atoms with E-state index in [9.17, 15) is 4.79 Å². The molecule has 0 N–H and O–H groups in total. The Morgan fingerprint density at radius 1 is 1.03 bits per heavy atom. The van der Waals surface area contributed by atoms with Gasteiger partial charge in [0.05, 0.1) is 12.8 Å². The van der Waals surface area contributed by atoms with Crippen molar-refractivity contribution in [3.8, 4) is 22.9 Å². The van der Waals surface area contributed by atoms with E-state index in [0.717, 1.165) is 36.2 Å². The maximum Gasteiger partial charge on any atom is 0.258 e. The highest BCUT2D eigenvalue weighted by molar-refractivity contribution is 6.07. The van der Waals surface area contributed by atoms with Crippen molar-refractivity contribution in [2.75, 3.05) is 38.9 Å². The Morgan fingerprint density at radius 2 is 1.89 bits per heavy atom. The number of benzene rings is 3. The highest BCUT2D eigenvalue weighted by atomic mass is 16.7. The third-order valence-electron chi connectivity index (χ3n) is 7.60. The molecular weight excluding hydrogens is 484 g/mol. The van der Waals surface area contributed by atoms with Gasteiger partial charge in [-0.1, -0.05) is 24.3 Å². The zero-order valence-electron chi connectivity index (χ0n) is 21.1. The summed E-state index contributed by atoms with van der Waals surface area (Å²) in [5.74, 6) is 2.52. The lowest BCUT2D eigenvalue weighted by atomic mass is 9.90. The zero-order chi connectivity index (χ0) is 25.8. The second kappa shape index (κ2) is 8.84. The van der Waals surface area contributed by atoms with Crippen LogP contribution in [-0.2, 0) is 12.8 Å². The van der Waals surface area contributed by atoms with Gasteiger partial charge in [0.1, 0.15) is 6.04 Å². The number of fused-ring (bicyclic) bond motifs is 3. The molecule has 10 heteroatoms. The third-order valence-corrected chi connectivity index (χ3v) is 7.60. The predicted molar refractivity (Wildman–Crippen MR) is 138 cm³/mol. The molecule has 0 saturated heterocycles. The van der Waals surface area contributed by atoms with Gasteiger partial charge in [-0.05, 0) is 71.8 Å². The second-order valence-electron chi connectivity index (χ2n) is 9.68. The number of likely N-dealkylation sites (N-methyl/N-ethyl adjacent to an activating group) is 1. The van der Waals surface area contributed by atoms with E-state index in [1.54, 1.807) is 11.8 Å². The van der Waals surface area contributed by atoms with Crippen LogP contribution in [0.25, 0.3) is 5.69 Å². The van der Waals surface area contributed by atoms with Crippen molar-refractivity contribution in [2.24, 2.45) is 0 Å². The largest absolute Gasteiger partial charge is 0.492 e. The number of anilines is 1. The van der Waals surface area contributed by atoms with Crippen LogP contribution in [0, 0.1) is 0 Å². The molecule has 192 valence electrons. The summed E-state index contributed by atoms with van der Waals surface area (Å²) in [5, 5.41) is 12.8. The molecule has 10 nitrogen and oxygen atoms in total. The van der Waals surface area contributed by atoms with Gasteiger partial charge in [0.25, 0.3) is 5.91 Å². The molecule has 3 aromatic carbocycles. The summed E-state index contributed by atoms with van der Waals surface area (Å²) >= 11 is 0. The summed E-state index contributed by atoms with van der Waals surface area (Å²) < 4.78 is 19.0. The normalized spacial score (nSPS) is 17.8. The summed E-state index contributed by atoms with van der Waals surface area (Å²) in [5.41, 5.74) is 5.52. The van der Waals surface area contributed by atoms with Gasteiger partial charge in [-0.25, -0.2) is 0 Å². The third kappa shape index (κ3) is 3.44. The number of hydrogen-bond acceptors (Lipinski definition) is 8. The first-order valence-corrected chi connectivity index (χ1v) is 12.6. The molecule has 0 aliphatic carbocycles. The Labute approximate surface area is 219 Å². The number of methoxy groups -OCH3 is 1. The van der Waals surface area contributed by atoms with E-state index >= 15 is 0 Å². The van der Waals surface area contributed by atoms with Gasteiger partial charge in [0.15, 0.2) is 17.3 Å². The standard InChI is InChI=1S/C28H26N6O4/c1-32-12-10-18-15-22-25(38-16-37-22)26(36-2)23(18)24(32)27-29-30-31-34(27)20-8-5-7-19(14-20)28(35)33-13-11-17-6-3-4-9-21(17)33/h3-9,14-15,24H,10-13,16H2,1-2H3. The fraction of sp³-hybridized carbons (Fsp3) is 0.286. The molecule has 1 atom stereocenters. The minimum Gasteiger partial charge on any atom is -0.492 e. The highest BCUT2D eigenvalue weighted by Crippen LogP contribution is 2.50. The molecule has 1 aromatic heterocycles. The van der Waals surface area contributed by atoms with Gasteiger partial charge >= 0.3 is 0 Å². The van der Waals surface area contributed by atoms with Crippen LogP contribution in [0.1, 0.15) is 38.9 Å². The summed E-state index contributed by atoms with van der Waals surface area (Å²) in [6.45, 7) is 1.63. The molecular formula is C28H26N6O4. The summed E-state index contributed by atoms with van der Waals surface area (Å²) in [6.07, 6.45) is 1.69. The maximum absolute atomic E-state index is 13.5. The van der Waals surface area contributed by atoms with Crippen LogP contribution in [0.4, 0.5) is 5.69 Å². The summed E-state index contributed by atoms with van der Waals surface area (Å²) in [4.78, 5) is 17.6. The molecule has 1 amide bonds. The number of amides is 1. The van der Waals surface area contributed by atoms with Crippen molar-refractivity contribution in [1.82, 2.24) is 25.1 Å². The number of hydrogen-bond donors (Lipinski definition) is 0. The first kappa shape index (κ1) is 22.7.